The van der Waals surface area contributed by atoms with Gasteiger partial charge in [-0.15, -0.1) is 0 Å². The van der Waals surface area contributed by atoms with E-state index in [4.69, 9.17) is 4.74 Å². The smallest absolute Gasteiger partial charge is 0.125 e. The largest absolute Gasteiger partial charge is 0.508 e. The van der Waals surface area contributed by atoms with Crippen LogP contribution in [0.5, 0.6) is 11.5 Å². The third-order valence-corrected chi connectivity index (χ3v) is 6.83. The predicted molar refractivity (Wildman–Crippen MR) is 113 cm³/mol. The molecule has 0 spiro atoms. The highest BCUT2D eigenvalue weighted by Gasteiger charge is 2.31. The summed E-state index contributed by atoms with van der Waals surface area (Å²) in [6.07, 6.45) is 4.73. The highest BCUT2D eigenvalue weighted by Crippen LogP contribution is 2.43. The molecule has 5 rings (SSSR count). The molecular weight excluding hydrogens is 366 g/mol. The monoisotopic (exact) mass is 393 g/mol. The Labute approximate surface area is 170 Å². The number of methoxy groups -OCH3 is 1. The lowest BCUT2D eigenvalue weighted by molar-refractivity contribution is 0.128. The lowest BCUT2D eigenvalue weighted by atomic mass is 9.82. The lowest BCUT2D eigenvalue weighted by Crippen LogP contribution is -2.43. The minimum Gasteiger partial charge on any atom is -0.508 e. The quantitative estimate of drug-likeness (QED) is 0.593. The van der Waals surface area contributed by atoms with Crippen molar-refractivity contribution in [1.29, 1.82) is 0 Å². The second kappa shape index (κ2) is 7.17. The zero-order chi connectivity index (χ0) is 20.1. The number of hydrogen-bond acceptors (Lipinski definition) is 5. The van der Waals surface area contributed by atoms with Gasteiger partial charge in [0.25, 0.3) is 0 Å². The molecular formula is C24H27NO4. The van der Waals surface area contributed by atoms with Gasteiger partial charge >= 0.3 is 0 Å². The number of nitrogens with zero attached hydrogens (tertiary/aromatic N) is 1. The summed E-state index contributed by atoms with van der Waals surface area (Å²) in [5.41, 5.74) is 3.86. The number of hydrogen-bond donors (Lipinski definition) is 3. The minimum atomic E-state index is -0.211. The first-order chi connectivity index (χ1) is 14.1. The van der Waals surface area contributed by atoms with Crippen LogP contribution in [0.1, 0.15) is 41.5 Å². The van der Waals surface area contributed by atoms with Gasteiger partial charge in [-0.25, -0.2) is 0 Å². The van der Waals surface area contributed by atoms with E-state index in [1.165, 1.54) is 30.4 Å². The molecule has 3 aromatic carbocycles. The molecule has 2 aliphatic heterocycles. The summed E-state index contributed by atoms with van der Waals surface area (Å²) in [5.74, 6) is 0.840. The molecule has 3 aromatic rings. The maximum Gasteiger partial charge on any atom is 0.125 e. The first-order valence-electron chi connectivity index (χ1n) is 10.4. The molecule has 2 aliphatic rings. The predicted octanol–water partition coefficient (Wildman–Crippen LogP) is 3.60. The van der Waals surface area contributed by atoms with E-state index < -0.39 is 0 Å². The van der Waals surface area contributed by atoms with Crippen molar-refractivity contribution in [3.8, 4) is 11.5 Å². The molecule has 0 bridgehead atoms. The van der Waals surface area contributed by atoms with Gasteiger partial charge < -0.3 is 20.1 Å². The topological polar surface area (TPSA) is 73.2 Å². The Hall–Kier alpha value is -2.34. The van der Waals surface area contributed by atoms with Crippen molar-refractivity contribution < 1.29 is 20.1 Å². The molecule has 2 heterocycles. The molecule has 1 atom stereocenters. The van der Waals surface area contributed by atoms with Gasteiger partial charge in [0.15, 0.2) is 0 Å². The molecule has 5 heteroatoms. The van der Waals surface area contributed by atoms with E-state index >= 15 is 0 Å². The number of rotatable bonds is 3. The van der Waals surface area contributed by atoms with Crippen LogP contribution in [0.2, 0.25) is 0 Å². The average molecular weight is 393 g/mol. The summed E-state index contributed by atoms with van der Waals surface area (Å²) >= 11 is 0. The summed E-state index contributed by atoms with van der Waals surface area (Å²) in [6, 6.07) is 8.33. The van der Waals surface area contributed by atoms with Gasteiger partial charge in [-0.2, -0.15) is 0 Å². The molecule has 1 fully saturated rings. The number of fused-ring (bicyclic) bond motifs is 7. The number of ether oxygens (including phenoxy) is 1. The number of aliphatic hydroxyl groups excluding tert-OH is 2. The molecule has 1 saturated heterocycles. The first-order valence-corrected chi connectivity index (χ1v) is 10.4. The number of aromatic hydroxyl groups is 1. The molecule has 152 valence electrons. The normalized spacial score (nSPS) is 19.3. The van der Waals surface area contributed by atoms with Crippen LogP contribution in [0.25, 0.3) is 21.5 Å². The highest BCUT2D eigenvalue weighted by molar-refractivity contribution is 6.12. The zero-order valence-corrected chi connectivity index (χ0v) is 16.7. The van der Waals surface area contributed by atoms with Gasteiger partial charge in [0.2, 0.25) is 0 Å². The molecule has 5 nitrogen and oxygen atoms in total. The second-order valence-corrected chi connectivity index (χ2v) is 8.33. The van der Waals surface area contributed by atoms with Crippen LogP contribution in [0, 0.1) is 0 Å². The number of phenols is 1. The number of piperidine rings is 1. The van der Waals surface area contributed by atoms with Crippen molar-refractivity contribution >= 4 is 21.5 Å². The molecule has 0 aromatic heterocycles. The fourth-order valence-electron chi connectivity index (χ4n) is 5.32. The number of benzene rings is 3. The van der Waals surface area contributed by atoms with Gasteiger partial charge in [0.1, 0.15) is 11.5 Å². The Balaban J connectivity index is 1.88. The third kappa shape index (κ3) is 2.88. The van der Waals surface area contributed by atoms with E-state index in [9.17, 15) is 15.3 Å². The summed E-state index contributed by atoms with van der Waals surface area (Å²) < 4.78 is 5.57. The first kappa shape index (κ1) is 18.7. The summed E-state index contributed by atoms with van der Waals surface area (Å²) in [4.78, 5) is 2.58. The summed E-state index contributed by atoms with van der Waals surface area (Å²) in [7, 11) is 1.64. The SMILES string of the molecule is COc1cc2c3c(c4cc(O)c(CO)cc4c2cc1CO)CN1CCCCC1C3. The standard InChI is InChI=1S/C24H27NO4/c1-29-24-10-21-18(7-15(24)13-27)17-6-14(12-26)23(28)9-20(17)22-11-25-5-3-2-4-16(25)8-19(21)22/h6-7,9-10,16,26-28H,2-5,8,11-13H2,1H3. The summed E-state index contributed by atoms with van der Waals surface area (Å²) in [5, 5.41) is 34.3. The molecule has 0 amide bonds. The van der Waals surface area contributed by atoms with Crippen molar-refractivity contribution in [2.45, 2.75) is 51.5 Å². The Morgan fingerprint density at radius 2 is 1.66 bits per heavy atom. The van der Waals surface area contributed by atoms with Crippen molar-refractivity contribution in [1.82, 2.24) is 4.90 Å². The molecule has 0 aliphatic carbocycles. The minimum absolute atomic E-state index is 0.0982. The summed E-state index contributed by atoms with van der Waals surface area (Å²) in [6.45, 7) is 1.70. The Morgan fingerprint density at radius 3 is 2.38 bits per heavy atom. The molecule has 3 N–H and O–H groups in total. The average Bonchev–Trinajstić information content (AvgIpc) is 2.76. The highest BCUT2D eigenvalue weighted by atomic mass is 16.5. The molecule has 1 unspecified atom stereocenters. The van der Waals surface area contributed by atoms with Gasteiger partial charge in [-0.3, -0.25) is 4.90 Å². The zero-order valence-electron chi connectivity index (χ0n) is 16.7. The van der Waals surface area contributed by atoms with E-state index in [2.05, 4.69) is 11.0 Å². The Morgan fingerprint density at radius 1 is 0.931 bits per heavy atom. The van der Waals surface area contributed by atoms with E-state index in [-0.39, 0.29) is 19.0 Å². The van der Waals surface area contributed by atoms with E-state index in [1.807, 2.05) is 18.2 Å². The van der Waals surface area contributed by atoms with Crippen molar-refractivity contribution in [2.75, 3.05) is 13.7 Å². The van der Waals surface area contributed by atoms with Crippen LogP contribution < -0.4 is 4.74 Å². The Bertz CT molecular complexity index is 1110. The van der Waals surface area contributed by atoms with Crippen LogP contribution in [0.3, 0.4) is 0 Å². The Kier molecular flexibility index (Phi) is 4.62. The van der Waals surface area contributed by atoms with Crippen LogP contribution >= 0.6 is 0 Å². The van der Waals surface area contributed by atoms with Crippen LogP contribution in [-0.2, 0) is 26.2 Å². The fourth-order valence-corrected chi connectivity index (χ4v) is 5.32. The van der Waals surface area contributed by atoms with Gasteiger partial charge in [0, 0.05) is 23.7 Å². The number of aliphatic hydroxyl groups is 2. The van der Waals surface area contributed by atoms with E-state index in [1.54, 1.807) is 7.11 Å². The van der Waals surface area contributed by atoms with Gasteiger partial charge in [-0.05, 0) is 82.7 Å². The van der Waals surface area contributed by atoms with Gasteiger partial charge in [-0.1, -0.05) is 6.42 Å². The van der Waals surface area contributed by atoms with Crippen molar-refractivity contribution in [3.63, 3.8) is 0 Å². The second-order valence-electron chi connectivity index (χ2n) is 8.33. The van der Waals surface area contributed by atoms with E-state index in [0.29, 0.717) is 17.4 Å². The maximum absolute atomic E-state index is 10.5. The lowest BCUT2D eigenvalue weighted by Gasteiger charge is -2.41. The third-order valence-electron chi connectivity index (χ3n) is 6.83. The van der Waals surface area contributed by atoms with Crippen LogP contribution in [0.4, 0.5) is 0 Å². The fraction of sp³-hybridized carbons (Fsp3) is 0.417. The molecule has 29 heavy (non-hydrogen) atoms. The molecule has 0 radical (unpaired) electrons. The molecule has 0 saturated carbocycles. The van der Waals surface area contributed by atoms with E-state index in [0.717, 1.165) is 46.6 Å². The van der Waals surface area contributed by atoms with Crippen LogP contribution in [0.15, 0.2) is 24.3 Å². The van der Waals surface area contributed by atoms with Crippen LogP contribution in [-0.4, -0.2) is 39.9 Å². The maximum atomic E-state index is 10.5. The van der Waals surface area contributed by atoms with Gasteiger partial charge in [0.05, 0.1) is 20.3 Å². The van der Waals surface area contributed by atoms with Crippen molar-refractivity contribution in [2.24, 2.45) is 0 Å². The van der Waals surface area contributed by atoms with Crippen molar-refractivity contribution in [3.05, 3.63) is 46.5 Å².